The van der Waals surface area contributed by atoms with E-state index >= 15 is 0 Å². The number of rotatable bonds is 4. The summed E-state index contributed by atoms with van der Waals surface area (Å²) in [6.45, 7) is 0. The highest BCUT2D eigenvalue weighted by Gasteiger charge is 2.47. The minimum Gasteiger partial charge on any atom is -0.397 e. The Morgan fingerprint density at radius 1 is 1.34 bits per heavy atom. The molecule has 5 atom stereocenters. The molecule has 1 saturated heterocycles. The molecule has 0 spiro atoms. The quantitative estimate of drug-likeness (QED) is 0.647. The van der Waals surface area contributed by atoms with E-state index in [1.807, 2.05) is 0 Å². The lowest BCUT2D eigenvalue weighted by Gasteiger charge is -2.22. The first-order valence-corrected chi connectivity index (χ1v) is 9.28. The second kappa shape index (κ2) is 7.85. The zero-order valence-corrected chi connectivity index (χ0v) is 16.1. The normalized spacial score (nSPS) is 28.6. The van der Waals surface area contributed by atoms with Gasteiger partial charge >= 0.3 is 0 Å². The van der Waals surface area contributed by atoms with E-state index in [0.29, 0.717) is 17.8 Å². The van der Waals surface area contributed by atoms with Gasteiger partial charge in [-0.2, -0.15) is 0 Å². The van der Waals surface area contributed by atoms with Gasteiger partial charge in [0.1, 0.15) is 37.3 Å². The Kier molecular flexibility index (Phi) is 5.41. The molecule has 2 aliphatic rings. The molecule has 3 N–H and O–H groups in total. The summed E-state index contributed by atoms with van der Waals surface area (Å²) in [5.74, 6) is -0.236. The number of aromatic nitrogens is 1. The fourth-order valence-electron chi connectivity index (χ4n) is 3.65. The average Bonchev–Trinajstić information content (AvgIpc) is 3.26. The van der Waals surface area contributed by atoms with Crippen molar-refractivity contribution in [1.29, 1.82) is 0 Å². The summed E-state index contributed by atoms with van der Waals surface area (Å²) in [6, 6.07) is 5.49. The Morgan fingerprint density at radius 2 is 2.14 bits per heavy atom. The van der Waals surface area contributed by atoms with Crippen molar-refractivity contribution in [2.75, 3.05) is 7.11 Å². The molecule has 0 radical (unpaired) electrons. The van der Waals surface area contributed by atoms with Crippen molar-refractivity contribution >= 4 is 23.7 Å². The third-order valence-corrected chi connectivity index (χ3v) is 5.38. The van der Waals surface area contributed by atoms with Crippen LogP contribution in [0.3, 0.4) is 0 Å². The number of hydrogen-bond acceptors (Lipinski definition) is 6. The summed E-state index contributed by atoms with van der Waals surface area (Å²) in [4.78, 5) is 8.98. The molecule has 1 fully saturated rings. The summed E-state index contributed by atoms with van der Waals surface area (Å²) >= 11 is 5.78. The molecule has 0 unspecified atom stereocenters. The van der Waals surface area contributed by atoms with Crippen LogP contribution in [-0.2, 0) is 16.0 Å². The van der Waals surface area contributed by atoms with Crippen molar-refractivity contribution < 1.29 is 29.3 Å². The highest BCUT2D eigenvalue weighted by atomic mass is 35.5. The predicted molar refractivity (Wildman–Crippen MR) is 102 cm³/mol. The summed E-state index contributed by atoms with van der Waals surface area (Å²) in [6.07, 6.45) is -2.27. The minimum absolute atomic E-state index is 0.158. The Bertz CT molecular complexity index is 979. The number of halogens is 2. The molecule has 0 amide bonds. The monoisotopic (exact) mass is 423 g/mol. The van der Waals surface area contributed by atoms with Crippen molar-refractivity contribution in [3.05, 3.63) is 58.1 Å². The molecule has 2 aromatic rings. The standard InChI is InChI=1S/C19H19ClFN3O5/c1-28-23-18-10-5-7-24(13(10)4-6-22-18)19-16(27)15(26)17(29-19)14(25)9-2-3-12(21)11(20)8-9/h2-3,5-8,14-17,19,25-27H,4H2,1H3/b23-18+/t14-,15+,16-,17-,19-/m1/s1. The molecule has 0 saturated carbocycles. The van der Waals surface area contributed by atoms with E-state index in [-0.39, 0.29) is 10.6 Å². The fraction of sp³-hybridized carbons (Fsp3) is 0.368. The van der Waals surface area contributed by atoms with Crippen LogP contribution in [-0.4, -0.2) is 57.4 Å². The van der Waals surface area contributed by atoms with Crippen LogP contribution >= 0.6 is 11.6 Å². The Balaban J connectivity index is 1.62. The summed E-state index contributed by atoms with van der Waals surface area (Å²) in [5, 5.41) is 35.4. The molecule has 1 aromatic carbocycles. The van der Waals surface area contributed by atoms with Gasteiger partial charge in [0.15, 0.2) is 12.1 Å². The van der Waals surface area contributed by atoms with Crippen molar-refractivity contribution in [2.45, 2.75) is 37.1 Å². The Labute approximate surface area is 170 Å². The van der Waals surface area contributed by atoms with Gasteiger partial charge < -0.3 is 29.5 Å². The smallest absolute Gasteiger partial charge is 0.200 e. The van der Waals surface area contributed by atoms with Gasteiger partial charge in [-0.15, -0.1) is 0 Å². The first-order chi connectivity index (χ1) is 13.9. The van der Waals surface area contributed by atoms with E-state index < -0.39 is 36.5 Å². The highest BCUT2D eigenvalue weighted by Crippen LogP contribution is 2.38. The Morgan fingerprint density at radius 3 is 2.86 bits per heavy atom. The number of amidine groups is 1. The molecule has 0 bridgehead atoms. The molecule has 0 aliphatic carbocycles. The molecule has 8 nitrogen and oxygen atoms in total. The van der Waals surface area contributed by atoms with Crippen molar-refractivity contribution in [1.82, 2.24) is 4.57 Å². The highest BCUT2D eigenvalue weighted by molar-refractivity contribution is 6.30. The van der Waals surface area contributed by atoms with Crippen molar-refractivity contribution in [3.8, 4) is 0 Å². The zero-order chi connectivity index (χ0) is 20.7. The maximum atomic E-state index is 13.4. The fourth-order valence-corrected chi connectivity index (χ4v) is 3.84. The number of aliphatic hydroxyl groups is 3. The van der Waals surface area contributed by atoms with Crippen LogP contribution in [0.25, 0.3) is 0 Å². The number of aliphatic hydroxyl groups excluding tert-OH is 3. The SMILES string of the molecule is CO/N=C1/N=CCc2c1ccn2[C@@H]1O[C@H]([C@H](O)c2ccc(F)c(Cl)c2)[C@@H](O)[C@H]1O. The van der Waals surface area contributed by atoms with Crippen LogP contribution in [0.1, 0.15) is 29.2 Å². The van der Waals surface area contributed by atoms with Gasteiger partial charge in [-0.1, -0.05) is 22.8 Å². The van der Waals surface area contributed by atoms with Gasteiger partial charge in [-0.3, -0.25) is 0 Å². The van der Waals surface area contributed by atoms with E-state index in [2.05, 4.69) is 10.1 Å². The van der Waals surface area contributed by atoms with Crippen LogP contribution in [0.4, 0.5) is 4.39 Å². The molecular weight excluding hydrogens is 405 g/mol. The first-order valence-electron chi connectivity index (χ1n) is 8.90. The molecule has 29 heavy (non-hydrogen) atoms. The van der Waals surface area contributed by atoms with Crippen molar-refractivity contribution in [2.24, 2.45) is 10.1 Å². The van der Waals surface area contributed by atoms with E-state index in [1.54, 1.807) is 23.0 Å². The molecule has 10 heteroatoms. The molecule has 2 aliphatic heterocycles. The Hall–Kier alpha value is -2.30. The molecular formula is C19H19ClFN3O5. The minimum atomic E-state index is -1.37. The average molecular weight is 424 g/mol. The maximum Gasteiger partial charge on any atom is 0.200 e. The largest absolute Gasteiger partial charge is 0.397 e. The third-order valence-electron chi connectivity index (χ3n) is 5.09. The third kappa shape index (κ3) is 3.45. The number of ether oxygens (including phenoxy) is 1. The number of nitrogens with zero attached hydrogens (tertiary/aromatic N) is 3. The van der Waals surface area contributed by atoms with Crippen LogP contribution in [0.5, 0.6) is 0 Å². The number of aliphatic imine (C=N–C) groups is 1. The summed E-state index contributed by atoms with van der Waals surface area (Å²) < 4.78 is 20.9. The number of oxime groups is 1. The van der Waals surface area contributed by atoms with Gasteiger partial charge in [0, 0.05) is 30.1 Å². The second-order valence-electron chi connectivity index (χ2n) is 6.79. The van der Waals surface area contributed by atoms with Gasteiger partial charge in [-0.05, 0) is 23.8 Å². The topological polar surface area (TPSA) is 109 Å². The summed E-state index contributed by atoms with van der Waals surface area (Å²) in [5.41, 5.74) is 1.76. The van der Waals surface area contributed by atoms with E-state index in [9.17, 15) is 19.7 Å². The predicted octanol–water partition coefficient (Wildman–Crippen LogP) is 1.57. The van der Waals surface area contributed by atoms with Crippen LogP contribution < -0.4 is 0 Å². The zero-order valence-electron chi connectivity index (χ0n) is 15.3. The molecule has 3 heterocycles. The van der Waals surface area contributed by atoms with E-state index in [1.165, 1.54) is 19.2 Å². The first kappa shape index (κ1) is 20.0. The van der Waals surface area contributed by atoms with Gasteiger partial charge in [0.2, 0.25) is 0 Å². The van der Waals surface area contributed by atoms with E-state index in [4.69, 9.17) is 21.2 Å². The van der Waals surface area contributed by atoms with Crippen LogP contribution in [0, 0.1) is 5.82 Å². The van der Waals surface area contributed by atoms with Gasteiger partial charge in [0.25, 0.3) is 0 Å². The van der Waals surface area contributed by atoms with Gasteiger partial charge in [0.05, 0.1) is 5.02 Å². The lowest BCUT2D eigenvalue weighted by molar-refractivity contribution is -0.0864. The molecule has 154 valence electrons. The number of benzene rings is 1. The number of fused-ring (bicyclic) bond motifs is 1. The molecule has 1 aromatic heterocycles. The van der Waals surface area contributed by atoms with Crippen LogP contribution in [0.2, 0.25) is 5.02 Å². The van der Waals surface area contributed by atoms with Gasteiger partial charge in [-0.25, -0.2) is 9.38 Å². The second-order valence-corrected chi connectivity index (χ2v) is 7.19. The maximum absolute atomic E-state index is 13.4. The van der Waals surface area contributed by atoms with E-state index in [0.717, 1.165) is 11.8 Å². The molecule has 4 rings (SSSR count). The van der Waals surface area contributed by atoms with Crippen molar-refractivity contribution in [3.63, 3.8) is 0 Å². The number of hydrogen-bond donors (Lipinski definition) is 3. The summed E-state index contributed by atoms with van der Waals surface area (Å²) in [7, 11) is 1.42. The lowest BCUT2D eigenvalue weighted by Crippen LogP contribution is -2.35. The van der Waals surface area contributed by atoms with Crippen LogP contribution in [0.15, 0.2) is 40.6 Å². The lowest BCUT2D eigenvalue weighted by atomic mass is 9.99.